The Morgan fingerprint density at radius 1 is 1.27 bits per heavy atom. The molecule has 2 heterocycles. The molecule has 0 aliphatic carbocycles. The Balaban J connectivity index is 1.59. The highest BCUT2D eigenvalue weighted by atomic mass is 32.1. The van der Waals surface area contributed by atoms with Gasteiger partial charge in [0.15, 0.2) is 5.69 Å². The molecule has 3 rings (SSSR count). The predicted octanol–water partition coefficient (Wildman–Crippen LogP) is 3.75. The maximum absolute atomic E-state index is 12.1. The molecule has 0 bridgehead atoms. The lowest BCUT2D eigenvalue weighted by Crippen LogP contribution is -2.21. The number of hydrogen-bond acceptors (Lipinski definition) is 5. The van der Waals surface area contributed by atoms with Crippen LogP contribution in [0.1, 0.15) is 29.9 Å². The third-order valence-electron chi connectivity index (χ3n) is 4.00. The average Bonchev–Trinajstić information content (AvgIpc) is 3.35. The average molecular weight is 367 g/mol. The van der Waals surface area contributed by atoms with Crippen LogP contribution < -0.4 is 10.3 Å². The van der Waals surface area contributed by atoms with Gasteiger partial charge in [-0.2, -0.15) is 10.2 Å². The summed E-state index contributed by atoms with van der Waals surface area (Å²) in [5.41, 5.74) is 5.73. The molecule has 6 nitrogen and oxygen atoms in total. The zero-order valence-electron chi connectivity index (χ0n) is 14.8. The molecule has 0 saturated carbocycles. The van der Waals surface area contributed by atoms with E-state index in [1.54, 1.807) is 23.6 Å². The van der Waals surface area contributed by atoms with Crippen LogP contribution in [0.3, 0.4) is 0 Å². The van der Waals surface area contributed by atoms with Crippen LogP contribution in [0, 0.1) is 0 Å². The first-order valence-electron chi connectivity index (χ1n) is 8.49. The van der Waals surface area contributed by atoms with Gasteiger partial charge in [0.1, 0.15) is 0 Å². The van der Waals surface area contributed by atoms with E-state index in [9.17, 15) is 4.79 Å². The second-order valence-electron chi connectivity index (χ2n) is 5.61. The van der Waals surface area contributed by atoms with Crippen molar-refractivity contribution in [3.63, 3.8) is 0 Å². The second-order valence-corrected chi connectivity index (χ2v) is 6.55. The molecule has 0 fully saturated rings. The molecular weight excluding hydrogens is 346 g/mol. The van der Waals surface area contributed by atoms with Gasteiger partial charge in [-0.1, -0.05) is 18.2 Å². The van der Waals surface area contributed by atoms with Crippen LogP contribution in [0.4, 0.5) is 5.69 Å². The topological polar surface area (TPSA) is 73.4 Å². The van der Waals surface area contributed by atoms with Gasteiger partial charge >= 0.3 is 0 Å². The Bertz CT molecular complexity index is 864. The van der Waals surface area contributed by atoms with Crippen molar-refractivity contribution in [3.05, 3.63) is 59.1 Å². The van der Waals surface area contributed by atoms with Gasteiger partial charge < -0.3 is 4.90 Å². The quantitative estimate of drug-likeness (QED) is 0.493. The fraction of sp³-hybridized carbons (Fsp3) is 0.211. The summed E-state index contributed by atoms with van der Waals surface area (Å²) in [5, 5.41) is 12.9. The normalized spacial score (nSPS) is 11.0. The van der Waals surface area contributed by atoms with Crippen LogP contribution in [0.15, 0.2) is 52.9 Å². The predicted molar refractivity (Wildman–Crippen MR) is 107 cm³/mol. The molecule has 0 aliphatic heterocycles. The Morgan fingerprint density at radius 2 is 2.04 bits per heavy atom. The van der Waals surface area contributed by atoms with E-state index in [-0.39, 0.29) is 5.91 Å². The SMILES string of the molecule is CCN(CC)c1ccc(/C=N/NC(=O)c2cc(-c3cccs3)[nH]n2)cc1. The molecule has 2 aromatic heterocycles. The highest BCUT2D eigenvalue weighted by Crippen LogP contribution is 2.22. The summed E-state index contributed by atoms with van der Waals surface area (Å²) < 4.78 is 0. The minimum Gasteiger partial charge on any atom is -0.372 e. The van der Waals surface area contributed by atoms with E-state index < -0.39 is 0 Å². The van der Waals surface area contributed by atoms with E-state index >= 15 is 0 Å². The molecule has 0 saturated heterocycles. The van der Waals surface area contributed by atoms with Crippen molar-refractivity contribution in [3.8, 4) is 10.6 Å². The number of thiophene rings is 1. The fourth-order valence-electron chi connectivity index (χ4n) is 2.58. The van der Waals surface area contributed by atoms with Crippen molar-refractivity contribution in [1.82, 2.24) is 15.6 Å². The number of benzene rings is 1. The standard InChI is InChI=1S/C19H21N5OS/c1-3-24(4-2)15-9-7-14(8-10-15)13-20-23-19(25)17-12-16(21-22-17)18-6-5-11-26-18/h5-13H,3-4H2,1-2H3,(H,21,22)(H,23,25)/b20-13+. The van der Waals surface area contributed by atoms with Crippen molar-refractivity contribution in [1.29, 1.82) is 0 Å². The first-order valence-corrected chi connectivity index (χ1v) is 9.37. The van der Waals surface area contributed by atoms with Gasteiger partial charge in [0, 0.05) is 18.8 Å². The highest BCUT2D eigenvalue weighted by molar-refractivity contribution is 7.13. The molecule has 0 unspecified atom stereocenters. The Kier molecular flexibility index (Phi) is 5.80. The zero-order valence-corrected chi connectivity index (χ0v) is 15.6. The number of carbonyl (C=O) groups excluding carboxylic acids is 1. The first-order chi connectivity index (χ1) is 12.7. The third kappa shape index (κ3) is 4.18. The van der Waals surface area contributed by atoms with Gasteiger partial charge in [0.25, 0.3) is 5.91 Å². The Hall–Kier alpha value is -2.93. The minimum atomic E-state index is -0.347. The summed E-state index contributed by atoms with van der Waals surface area (Å²) >= 11 is 1.59. The van der Waals surface area contributed by atoms with Gasteiger partial charge in [0.2, 0.25) is 0 Å². The van der Waals surface area contributed by atoms with Crippen molar-refractivity contribution in [2.24, 2.45) is 5.10 Å². The number of hydrogen-bond donors (Lipinski definition) is 2. The van der Waals surface area contributed by atoms with Crippen LogP contribution in [-0.4, -0.2) is 35.4 Å². The number of rotatable bonds is 7. The summed E-state index contributed by atoms with van der Waals surface area (Å²) in [5.74, 6) is -0.347. The van der Waals surface area contributed by atoms with E-state index in [1.807, 2.05) is 29.6 Å². The van der Waals surface area contributed by atoms with Crippen LogP contribution in [0.2, 0.25) is 0 Å². The fourth-order valence-corrected chi connectivity index (χ4v) is 3.27. The number of amides is 1. The lowest BCUT2D eigenvalue weighted by molar-refractivity contribution is 0.0950. The molecular formula is C19H21N5OS. The maximum atomic E-state index is 12.1. The smallest absolute Gasteiger partial charge is 0.291 e. The summed E-state index contributed by atoms with van der Waals surface area (Å²) in [4.78, 5) is 15.4. The number of aromatic nitrogens is 2. The molecule has 0 atom stereocenters. The molecule has 26 heavy (non-hydrogen) atoms. The molecule has 1 aromatic carbocycles. The molecule has 3 aromatic rings. The van der Waals surface area contributed by atoms with Crippen LogP contribution in [-0.2, 0) is 0 Å². The van der Waals surface area contributed by atoms with E-state index in [0.29, 0.717) is 5.69 Å². The van der Waals surface area contributed by atoms with Crippen molar-refractivity contribution in [2.45, 2.75) is 13.8 Å². The van der Waals surface area contributed by atoms with E-state index in [1.165, 1.54) is 5.69 Å². The van der Waals surface area contributed by atoms with Crippen molar-refractivity contribution >= 4 is 29.1 Å². The highest BCUT2D eigenvalue weighted by Gasteiger charge is 2.11. The van der Waals surface area contributed by atoms with E-state index in [2.05, 4.69) is 51.6 Å². The summed E-state index contributed by atoms with van der Waals surface area (Å²) in [6.07, 6.45) is 1.62. The number of hydrazone groups is 1. The number of carbonyl (C=O) groups is 1. The summed E-state index contributed by atoms with van der Waals surface area (Å²) in [6.45, 7) is 6.20. The lowest BCUT2D eigenvalue weighted by atomic mass is 10.2. The molecule has 7 heteroatoms. The first kappa shape index (κ1) is 17.9. The van der Waals surface area contributed by atoms with Crippen LogP contribution in [0.5, 0.6) is 0 Å². The minimum absolute atomic E-state index is 0.308. The number of nitrogens with one attached hydrogen (secondary N) is 2. The molecule has 134 valence electrons. The molecule has 0 aliphatic rings. The molecule has 2 N–H and O–H groups in total. The lowest BCUT2D eigenvalue weighted by Gasteiger charge is -2.20. The van der Waals surface area contributed by atoms with E-state index in [4.69, 9.17) is 0 Å². The Labute approximate surface area is 156 Å². The van der Waals surface area contributed by atoms with Gasteiger partial charge in [-0.25, -0.2) is 5.43 Å². The van der Waals surface area contributed by atoms with Gasteiger partial charge in [-0.3, -0.25) is 9.89 Å². The van der Waals surface area contributed by atoms with Crippen molar-refractivity contribution < 1.29 is 4.79 Å². The van der Waals surface area contributed by atoms with Gasteiger partial charge in [0.05, 0.1) is 16.8 Å². The monoisotopic (exact) mass is 367 g/mol. The number of nitrogens with zero attached hydrogens (tertiary/aromatic N) is 3. The number of aromatic amines is 1. The summed E-state index contributed by atoms with van der Waals surface area (Å²) in [6, 6.07) is 13.7. The third-order valence-corrected chi connectivity index (χ3v) is 4.90. The number of anilines is 1. The van der Waals surface area contributed by atoms with Crippen LogP contribution in [0.25, 0.3) is 10.6 Å². The van der Waals surface area contributed by atoms with Gasteiger partial charge in [-0.15, -0.1) is 11.3 Å². The Morgan fingerprint density at radius 3 is 2.69 bits per heavy atom. The molecule has 1 amide bonds. The molecule has 0 radical (unpaired) electrons. The molecule has 0 spiro atoms. The van der Waals surface area contributed by atoms with Gasteiger partial charge in [-0.05, 0) is 49.1 Å². The van der Waals surface area contributed by atoms with Crippen LogP contribution >= 0.6 is 11.3 Å². The largest absolute Gasteiger partial charge is 0.372 e. The van der Waals surface area contributed by atoms with Crippen molar-refractivity contribution in [2.75, 3.05) is 18.0 Å². The zero-order chi connectivity index (χ0) is 18.4. The summed E-state index contributed by atoms with van der Waals surface area (Å²) in [7, 11) is 0. The number of H-pyrrole nitrogens is 1. The maximum Gasteiger partial charge on any atom is 0.291 e. The van der Waals surface area contributed by atoms with E-state index in [0.717, 1.165) is 29.2 Å². The second kappa shape index (κ2) is 8.44.